The number of hydroxylamine groups is 1. The summed E-state index contributed by atoms with van der Waals surface area (Å²) in [6.45, 7) is 5.04. The molecule has 0 bridgehead atoms. The van der Waals surface area contributed by atoms with Gasteiger partial charge in [0, 0.05) is 19.5 Å². The molecule has 9 nitrogen and oxygen atoms in total. The number of alkyl halides is 3. The van der Waals surface area contributed by atoms with Gasteiger partial charge in [-0.15, -0.1) is 5.17 Å². The first-order valence-corrected chi connectivity index (χ1v) is 12.8. The van der Waals surface area contributed by atoms with Crippen LogP contribution in [0.3, 0.4) is 0 Å². The van der Waals surface area contributed by atoms with Crippen molar-refractivity contribution in [1.82, 2.24) is 20.4 Å². The Kier molecular flexibility index (Phi) is 8.36. The molecule has 4 rings (SSSR count). The Morgan fingerprint density at radius 1 is 1.10 bits per heavy atom. The molecule has 3 amide bonds. The maximum absolute atomic E-state index is 14.8. The highest BCUT2D eigenvalue weighted by atomic mass is 19.4. The zero-order valence-corrected chi connectivity index (χ0v) is 22.5. The molecule has 0 aromatic heterocycles. The molecular formula is C28H28F4N4O5. The molecule has 218 valence electrons. The lowest BCUT2D eigenvalue weighted by atomic mass is 9.94. The van der Waals surface area contributed by atoms with Gasteiger partial charge in [-0.1, -0.05) is 36.4 Å². The molecule has 0 spiro atoms. The third-order valence-corrected chi connectivity index (χ3v) is 7.29. The van der Waals surface area contributed by atoms with E-state index in [9.17, 15) is 36.7 Å². The van der Waals surface area contributed by atoms with Gasteiger partial charge in [0.05, 0.1) is 23.2 Å². The average molecular weight is 577 g/mol. The second-order valence-electron chi connectivity index (χ2n) is 9.89. The van der Waals surface area contributed by atoms with Crippen molar-refractivity contribution in [1.29, 1.82) is 0 Å². The van der Waals surface area contributed by atoms with Crippen LogP contribution >= 0.6 is 0 Å². The number of rotatable bonds is 6. The van der Waals surface area contributed by atoms with E-state index in [0.717, 1.165) is 11.6 Å². The minimum absolute atomic E-state index is 0.0124. The molecule has 2 atom stereocenters. The minimum atomic E-state index is -5.32. The van der Waals surface area contributed by atoms with Crippen molar-refractivity contribution >= 4 is 23.7 Å². The predicted molar refractivity (Wildman–Crippen MR) is 137 cm³/mol. The number of amides is 3. The Labute approximate surface area is 233 Å². The highest BCUT2D eigenvalue weighted by Gasteiger charge is 2.44. The number of hydrogen-bond donors (Lipinski definition) is 1. The maximum atomic E-state index is 14.8. The zero-order valence-electron chi connectivity index (χ0n) is 22.5. The molecule has 2 aliphatic heterocycles. The lowest BCUT2D eigenvalue weighted by Crippen LogP contribution is -2.52. The van der Waals surface area contributed by atoms with Crippen molar-refractivity contribution in [3.8, 4) is 0 Å². The summed E-state index contributed by atoms with van der Waals surface area (Å²) < 4.78 is 53.3. The van der Waals surface area contributed by atoms with Crippen LogP contribution in [0.2, 0.25) is 0 Å². The average Bonchev–Trinajstić information content (AvgIpc) is 2.94. The lowest BCUT2D eigenvalue weighted by Gasteiger charge is -2.38. The number of hydrogen-bond acceptors (Lipinski definition) is 6. The second kappa shape index (κ2) is 11.6. The largest absolute Gasteiger partial charge is 0.493 e. The second-order valence-corrected chi connectivity index (χ2v) is 9.89. The van der Waals surface area contributed by atoms with Crippen molar-refractivity contribution in [2.75, 3.05) is 19.6 Å². The number of hydrazine groups is 1. The Morgan fingerprint density at radius 3 is 2.41 bits per heavy atom. The third-order valence-electron chi connectivity index (χ3n) is 7.29. The van der Waals surface area contributed by atoms with Crippen molar-refractivity contribution < 1.29 is 41.6 Å². The van der Waals surface area contributed by atoms with Gasteiger partial charge < -0.3 is 14.6 Å². The van der Waals surface area contributed by atoms with E-state index in [-0.39, 0.29) is 49.3 Å². The van der Waals surface area contributed by atoms with E-state index in [0.29, 0.717) is 16.3 Å². The molecule has 2 aromatic carbocycles. The molecule has 1 saturated heterocycles. The number of benzene rings is 2. The van der Waals surface area contributed by atoms with E-state index in [4.69, 9.17) is 0 Å². The zero-order chi connectivity index (χ0) is 30.1. The van der Waals surface area contributed by atoms with E-state index in [1.807, 2.05) is 37.3 Å². The van der Waals surface area contributed by atoms with Crippen LogP contribution in [0, 0.1) is 11.7 Å². The van der Waals surface area contributed by atoms with E-state index in [1.165, 1.54) is 30.9 Å². The van der Waals surface area contributed by atoms with Gasteiger partial charge in [0.25, 0.3) is 5.91 Å². The fourth-order valence-corrected chi connectivity index (χ4v) is 4.69. The Bertz CT molecular complexity index is 1400. The van der Waals surface area contributed by atoms with Crippen LogP contribution in [0.25, 0.3) is 0 Å². The molecule has 0 radical (unpaired) electrons. The summed E-state index contributed by atoms with van der Waals surface area (Å²) in [5, 5.41) is 0.351. The number of allylic oxidation sites excluding steroid dienone is 1. The van der Waals surface area contributed by atoms with Gasteiger partial charge in [-0.25, -0.2) is 14.6 Å². The maximum Gasteiger partial charge on any atom is 0.493 e. The first-order chi connectivity index (χ1) is 19.3. The molecule has 13 heteroatoms. The van der Waals surface area contributed by atoms with Gasteiger partial charge >= 0.3 is 12.1 Å². The fourth-order valence-electron chi connectivity index (χ4n) is 4.69. The number of nitrogens with zero attached hydrogens (tertiary/aromatic N) is 3. The summed E-state index contributed by atoms with van der Waals surface area (Å²) >= 11 is 0. The Morgan fingerprint density at radius 2 is 1.78 bits per heavy atom. The van der Waals surface area contributed by atoms with Crippen molar-refractivity contribution in [2.24, 2.45) is 5.92 Å². The van der Waals surface area contributed by atoms with Crippen LogP contribution in [0.5, 0.6) is 0 Å². The molecule has 2 heterocycles. The first-order valence-electron chi connectivity index (χ1n) is 12.8. The van der Waals surface area contributed by atoms with Crippen LogP contribution in [0.1, 0.15) is 48.3 Å². The molecule has 1 fully saturated rings. The first kappa shape index (κ1) is 29.6. The lowest BCUT2D eigenvalue weighted by molar-refractivity contribution is -0.242. The summed E-state index contributed by atoms with van der Waals surface area (Å²) in [7, 11) is 0. The normalized spacial score (nSPS) is 18.8. The summed E-state index contributed by atoms with van der Waals surface area (Å²) in [4.78, 5) is 57.1. The standard InChI is InChI=1S/C28H28F4N4O5/c1-16-17(2)25(38)33-36(41-27(40)28(30,31)32)23(16)14-19-9-10-22(29)21(13-19)26(39)34-11-12-35(24(37)15-34)18(3)20-7-5-4-6-8-20/h4-10,13,17-18H,11-12,14-15H2,1-3H3,(H,33,38)/t17?,18-/m1/s1. The summed E-state index contributed by atoms with van der Waals surface area (Å²) in [5.74, 6) is -5.86. The van der Waals surface area contributed by atoms with Gasteiger partial charge in [-0.05, 0) is 49.6 Å². The summed E-state index contributed by atoms with van der Waals surface area (Å²) in [5.41, 5.74) is 3.33. The molecule has 0 saturated carbocycles. The summed E-state index contributed by atoms with van der Waals surface area (Å²) in [6.07, 6.45) is -5.52. The van der Waals surface area contributed by atoms with E-state index >= 15 is 0 Å². The van der Waals surface area contributed by atoms with E-state index < -0.39 is 35.7 Å². The molecule has 1 unspecified atom stereocenters. The molecule has 0 aliphatic carbocycles. The van der Waals surface area contributed by atoms with E-state index in [2.05, 4.69) is 10.3 Å². The highest BCUT2D eigenvalue weighted by molar-refractivity contribution is 5.97. The minimum Gasteiger partial charge on any atom is -0.333 e. The van der Waals surface area contributed by atoms with Crippen molar-refractivity contribution in [3.05, 3.63) is 82.3 Å². The number of halogens is 4. The van der Waals surface area contributed by atoms with Gasteiger partial charge in [-0.2, -0.15) is 13.2 Å². The molecular weight excluding hydrogens is 548 g/mol. The molecule has 2 aliphatic rings. The van der Waals surface area contributed by atoms with Crippen molar-refractivity contribution in [2.45, 2.75) is 39.4 Å². The van der Waals surface area contributed by atoms with Gasteiger partial charge in [-0.3, -0.25) is 14.4 Å². The third kappa shape index (κ3) is 6.34. The number of nitrogens with one attached hydrogen (secondary N) is 1. The van der Waals surface area contributed by atoms with Gasteiger partial charge in [0.2, 0.25) is 11.8 Å². The fraction of sp³-hybridized carbons (Fsp3) is 0.357. The predicted octanol–water partition coefficient (Wildman–Crippen LogP) is 3.69. The number of carbonyl (C=O) groups excluding carboxylic acids is 4. The molecule has 2 aromatic rings. The van der Waals surface area contributed by atoms with Crippen LogP contribution in [0.4, 0.5) is 17.6 Å². The number of carbonyl (C=O) groups is 4. The van der Waals surface area contributed by atoms with Crippen LogP contribution in [-0.4, -0.2) is 64.5 Å². The van der Waals surface area contributed by atoms with Gasteiger partial charge in [0.1, 0.15) is 12.4 Å². The smallest absolute Gasteiger partial charge is 0.333 e. The van der Waals surface area contributed by atoms with Crippen molar-refractivity contribution in [3.63, 3.8) is 0 Å². The SMILES string of the molecule is CC1=C(Cc2ccc(F)c(C(=O)N3CCN([C@H](C)c4ccccc4)C(=O)C3)c2)N(OC(=O)C(F)(F)F)NC(=O)C1C. The highest BCUT2D eigenvalue weighted by Crippen LogP contribution is 2.29. The number of piperazine rings is 1. The molecule has 41 heavy (non-hydrogen) atoms. The monoisotopic (exact) mass is 576 g/mol. The van der Waals surface area contributed by atoms with Crippen LogP contribution in [0.15, 0.2) is 59.8 Å². The van der Waals surface area contributed by atoms with Gasteiger partial charge in [0.15, 0.2) is 0 Å². The quantitative estimate of drug-likeness (QED) is 0.527. The van der Waals surface area contributed by atoms with E-state index in [1.54, 1.807) is 4.90 Å². The summed E-state index contributed by atoms with van der Waals surface area (Å²) in [6, 6.07) is 12.8. The van der Waals surface area contributed by atoms with Crippen LogP contribution < -0.4 is 5.43 Å². The van der Waals surface area contributed by atoms with Crippen LogP contribution in [-0.2, 0) is 25.6 Å². The Hall–Kier alpha value is -4.42. The topological polar surface area (TPSA) is 99.3 Å². The molecule has 1 N–H and O–H groups in total. The Balaban J connectivity index is 1.52.